The lowest BCUT2D eigenvalue weighted by Crippen LogP contribution is -2.50. The highest BCUT2D eigenvalue weighted by atomic mass is 16.5. The van der Waals surface area contributed by atoms with Crippen molar-refractivity contribution in [1.82, 2.24) is 15.1 Å². The van der Waals surface area contributed by atoms with Crippen molar-refractivity contribution in [2.24, 2.45) is 0 Å². The Kier molecular flexibility index (Phi) is 7.90. The molecule has 0 radical (unpaired) electrons. The van der Waals surface area contributed by atoms with Gasteiger partial charge in [0, 0.05) is 59.1 Å². The molecule has 1 N–H and O–H groups in total. The molecule has 1 heterocycles. The van der Waals surface area contributed by atoms with Crippen LogP contribution < -0.4 is 15.0 Å². The van der Waals surface area contributed by atoms with Gasteiger partial charge in [0.25, 0.3) is 0 Å². The van der Waals surface area contributed by atoms with E-state index in [1.165, 1.54) is 0 Å². The van der Waals surface area contributed by atoms with E-state index in [-0.39, 0.29) is 5.91 Å². The van der Waals surface area contributed by atoms with Gasteiger partial charge in [-0.1, -0.05) is 30.3 Å². The van der Waals surface area contributed by atoms with Crippen molar-refractivity contribution in [2.75, 3.05) is 64.9 Å². The molecule has 3 rings (SSSR count). The maximum atomic E-state index is 12.3. The molecule has 1 aliphatic heterocycles. The van der Waals surface area contributed by atoms with Crippen molar-refractivity contribution in [1.29, 1.82) is 0 Å². The first-order valence-electron chi connectivity index (χ1n) is 10.3. The number of carbonyl (C=O) groups excluding carboxylic acids is 1. The van der Waals surface area contributed by atoms with Crippen LogP contribution in [0.3, 0.4) is 0 Å². The van der Waals surface area contributed by atoms with Gasteiger partial charge in [-0.05, 0) is 29.8 Å². The molecule has 2 aromatic rings. The SMILES string of the molecule is CN(C)c1ccc(CNC(=O)CN2CCN(CCOc3ccccc3)CC2)cc1. The standard InChI is InChI=1S/C23H32N4O2/c1-25(2)21-10-8-20(9-11-21)18-24-23(28)19-27-14-12-26(13-15-27)16-17-29-22-6-4-3-5-7-22/h3-11H,12-19H2,1-2H3,(H,24,28). The predicted molar refractivity (Wildman–Crippen MR) is 117 cm³/mol. The number of hydrogen-bond donors (Lipinski definition) is 1. The quantitative estimate of drug-likeness (QED) is 0.703. The third-order valence-corrected chi connectivity index (χ3v) is 5.19. The van der Waals surface area contributed by atoms with Crippen molar-refractivity contribution in [2.45, 2.75) is 6.54 Å². The van der Waals surface area contributed by atoms with E-state index >= 15 is 0 Å². The minimum Gasteiger partial charge on any atom is -0.492 e. The number of carbonyl (C=O) groups is 1. The lowest BCUT2D eigenvalue weighted by molar-refractivity contribution is -0.122. The van der Waals surface area contributed by atoms with E-state index < -0.39 is 0 Å². The van der Waals surface area contributed by atoms with Crippen molar-refractivity contribution >= 4 is 11.6 Å². The second-order valence-corrected chi connectivity index (χ2v) is 7.62. The number of amides is 1. The largest absolute Gasteiger partial charge is 0.492 e. The Labute approximate surface area is 174 Å². The van der Waals surface area contributed by atoms with Crippen LogP contribution in [0.25, 0.3) is 0 Å². The Morgan fingerprint density at radius 3 is 2.28 bits per heavy atom. The summed E-state index contributed by atoms with van der Waals surface area (Å²) in [6.45, 7) is 6.41. The van der Waals surface area contributed by atoms with Crippen molar-refractivity contribution < 1.29 is 9.53 Å². The number of benzene rings is 2. The third-order valence-electron chi connectivity index (χ3n) is 5.19. The number of anilines is 1. The Balaban J connectivity index is 1.30. The lowest BCUT2D eigenvalue weighted by Gasteiger charge is -2.34. The molecule has 2 aromatic carbocycles. The van der Waals surface area contributed by atoms with Crippen LogP contribution in [0.2, 0.25) is 0 Å². The predicted octanol–water partition coefficient (Wildman–Crippen LogP) is 2.07. The molecule has 1 fully saturated rings. The number of ether oxygens (including phenoxy) is 1. The van der Waals surface area contributed by atoms with Gasteiger partial charge in [-0.3, -0.25) is 14.6 Å². The molecule has 29 heavy (non-hydrogen) atoms. The summed E-state index contributed by atoms with van der Waals surface area (Å²) in [5, 5.41) is 3.03. The molecule has 1 aliphatic rings. The van der Waals surface area contributed by atoms with Gasteiger partial charge in [0.05, 0.1) is 6.54 Å². The third kappa shape index (κ3) is 7.07. The zero-order chi connectivity index (χ0) is 20.5. The first-order chi connectivity index (χ1) is 14.1. The van der Waals surface area contributed by atoms with Crippen LogP contribution in [-0.4, -0.2) is 75.7 Å². The fraction of sp³-hybridized carbons (Fsp3) is 0.435. The van der Waals surface area contributed by atoms with Crippen LogP contribution in [0.15, 0.2) is 54.6 Å². The molecule has 0 saturated carbocycles. The highest BCUT2D eigenvalue weighted by Crippen LogP contribution is 2.12. The molecule has 0 aromatic heterocycles. The normalized spacial score (nSPS) is 15.1. The average molecular weight is 397 g/mol. The Bertz CT molecular complexity index is 741. The second kappa shape index (κ2) is 10.8. The van der Waals surface area contributed by atoms with Gasteiger partial charge in [-0.25, -0.2) is 0 Å². The van der Waals surface area contributed by atoms with E-state index in [2.05, 4.69) is 44.3 Å². The van der Waals surface area contributed by atoms with Crippen LogP contribution in [0.1, 0.15) is 5.56 Å². The molecule has 6 nitrogen and oxygen atoms in total. The van der Waals surface area contributed by atoms with Crippen LogP contribution >= 0.6 is 0 Å². The summed E-state index contributed by atoms with van der Waals surface area (Å²) in [7, 11) is 4.04. The number of rotatable bonds is 9. The summed E-state index contributed by atoms with van der Waals surface area (Å²) in [4.78, 5) is 19.0. The highest BCUT2D eigenvalue weighted by molar-refractivity contribution is 5.78. The molecule has 1 saturated heterocycles. The highest BCUT2D eigenvalue weighted by Gasteiger charge is 2.18. The van der Waals surface area contributed by atoms with E-state index in [1.54, 1.807) is 0 Å². The summed E-state index contributed by atoms with van der Waals surface area (Å²) in [5.74, 6) is 1.00. The summed E-state index contributed by atoms with van der Waals surface area (Å²) >= 11 is 0. The minimum absolute atomic E-state index is 0.0857. The minimum atomic E-state index is 0.0857. The Hall–Kier alpha value is -2.57. The maximum absolute atomic E-state index is 12.3. The van der Waals surface area contributed by atoms with Gasteiger partial charge >= 0.3 is 0 Å². The van der Waals surface area contributed by atoms with Crippen LogP contribution in [0, 0.1) is 0 Å². The van der Waals surface area contributed by atoms with E-state index in [1.807, 2.05) is 44.4 Å². The van der Waals surface area contributed by atoms with Crippen molar-refractivity contribution in [3.05, 3.63) is 60.2 Å². The number of nitrogens with zero attached hydrogens (tertiary/aromatic N) is 3. The zero-order valence-electron chi connectivity index (χ0n) is 17.5. The van der Waals surface area contributed by atoms with Crippen molar-refractivity contribution in [3.8, 4) is 5.75 Å². The smallest absolute Gasteiger partial charge is 0.234 e. The van der Waals surface area contributed by atoms with Crippen LogP contribution in [0.4, 0.5) is 5.69 Å². The van der Waals surface area contributed by atoms with Crippen LogP contribution in [-0.2, 0) is 11.3 Å². The first-order valence-corrected chi connectivity index (χ1v) is 10.3. The molecular formula is C23H32N4O2. The average Bonchev–Trinajstić information content (AvgIpc) is 2.74. The molecule has 6 heteroatoms. The monoisotopic (exact) mass is 396 g/mol. The fourth-order valence-corrected chi connectivity index (χ4v) is 3.35. The first kappa shape index (κ1) is 21.1. The molecule has 0 aliphatic carbocycles. The number of hydrogen-bond acceptors (Lipinski definition) is 5. The topological polar surface area (TPSA) is 48.1 Å². The summed E-state index contributed by atoms with van der Waals surface area (Å²) < 4.78 is 5.77. The number of piperazine rings is 1. The number of nitrogens with one attached hydrogen (secondary N) is 1. The molecule has 0 atom stereocenters. The second-order valence-electron chi connectivity index (χ2n) is 7.62. The van der Waals surface area contributed by atoms with Gasteiger partial charge < -0.3 is 15.0 Å². The van der Waals surface area contributed by atoms with E-state index in [9.17, 15) is 4.79 Å². The number of para-hydroxylation sites is 1. The van der Waals surface area contributed by atoms with Crippen LogP contribution in [0.5, 0.6) is 5.75 Å². The van der Waals surface area contributed by atoms with Crippen molar-refractivity contribution in [3.63, 3.8) is 0 Å². The van der Waals surface area contributed by atoms with E-state index in [0.29, 0.717) is 19.7 Å². The summed E-state index contributed by atoms with van der Waals surface area (Å²) in [5.41, 5.74) is 2.28. The molecule has 0 spiro atoms. The molecule has 1 amide bonds. The van der Waals surface area contributed by atoms with Gasteiger partial charge in [0.1, 0.15) is 12.4 Å². The maximum Gasteiger partial charge on any atom is 0.234 e. The lowest BCUT2D eigenvalue weighted by atomic mass is 10.2. The summed E-state index contributed by atoms with van der Waals surface area (Å²) in [6, 6.07) is 18.2. The van der Waals surface area contributed by atoms with E-state index in [4.69, 9.17) is 4.74 Å². The van der Waals surface area contributed by atoms with E-state index in [0.717, 1.165) is 49.7 Å². The van der Waals surface area contributed by atoms with Gasteiger partial charge in [-0.2, -0.15) is 0 Å². The van der Waals surface area contributed by atoms with Gasteiger partial charge in [0.15, 0.2) is 0 Å². The fourth-order valence-electron chi connectivity index (χ4n) is 3.35. The molecular weight excluding hydrogens is 364 g/mol. The molecule has 156 valence electrons. The summed E-state index contributed by atoms with van der Waals surface area (Å²) in [6.07, 6.45) is 0. The molecule has 0 unspecified atom stereocenters. The Morgan fingerprint density at radius 1 is 0.966 bits per heavy atom. The molecule has 0 bridgehead atoms. The van der Waals surface area contributed by atoms with Gasteiger partial charge in [-0.15, -0.1) is 0 Å². The van der Waals surface area contributed by atoms with Gasteiger partial charge in [0.2, 0.25) is 5.91 Å². The zero-order valence-corrected chi connectivity index (χ0v) is 17.5. The Morgan fingerprint density at radius 2 is 1.62 bits per heavy atom.